The Morgan fingerprint density at radius 2 is 1.91 bits per heavy atom. The fraction of sp³-hybridized carbons (Fsp3) is 0.760. The molecule has 9 heteroatoms. The lowest BCUT2D eigenvalue weighted by atomic mass is 9.86. The molecule has 2 aliphatic rings. The van der Waals surface area contributed by atoms with Gasteiger partial charge < -0.3 is 19.7 Å². The van der Waals surface area contributed by atoms with Crippen LogP contribution in [0.1, 0.15) is 75.1 Å². The molecule has 3 rings (SSSR count). The summed E-state index contributed by atoms with van der Waals surface area (Å²) in [5.74, 6) is -0.382. The van der Waals surface area contributed by atoms with Crippen LogP contribution < -0.4 is 5.32 Å². The van der Waals surface area contributed by atoms with Gasteiger partial charge in [0.15, 0.2) is 0 Å². The van der Waals surface area contributed by atoms with Crippen LogP contribution in [0, 0.1) is 11.3 Å². The molecule has 0 bridgehead atoms. The molecule has 0 unspecified atom stereocenters. The molecule has 0 radical (unpaired) electrons. The number of esters is 1. The second-order valence-electron chi connectivity index (χ2n) is 10.1. The molecule has 0 spiro atoms. The Kier molecular flexibility index (Phi) is 9.10. The summed E-state index contributed by atoms with van der Waals surface area (Å²) in [6, 6.07) is 0. The van der Waals surface area contributed by atoms with Gasteiger partial charge in [-0.1, -0.05) is 13.8 Å². The number of aryl methyl sites for hydroxylation is 1. The van der Waals surface area contributed by atoms with Crippen LogP contribution in [0.2, 0.25) is 0 Å². The van der Waals surface area contributed by atoms with E-state index in [9.17, 15) is 14.4 Å². The molecule has 0 aromatic carbocycles. The van der Waals surface area contributed by atoms with Crippen molar-refractivity contribution in [3.05, 3.63) is 17.0 Å². The number of hydrogen-bond acceptors (Lipinski definition) is 6. The fourth-order valence-electron chi connectivity index (χ4n) is 4.67. The van der Waals surface area contributed by atoms with Gasteiger partial charge in [-0.15, -0.1) is 0 Å². The predicted octanol–water partition coefficient (Wildman–Crippen LogP) is 2.36. The van der Waals surface area contributed by atoms with Gasteiger partial charge in [-0.3, -0.25) is 19.1 Å². The lowest BCUT2D eigenvalue weighted by molar-refractivity contribution is -0.154. The molecule has 3 heterocycles. The second-order valence-corrected chi connectivity index (χ2v) is 10.1. The molecule has 2 aliphatic heterocycles. The molecule has 1 saturated heterocycles. The van der Waals surface area contributed by atoms with Gasteiger partial charge in [-0.05, 0) is 39.0 Å². The summed E-state index contributed by atoms with van der Waals surface area (Å²) in [4.78, 5) is 38.9. The van der Waals surface area contributed by atoms with Gasteiger partial charge in [-0.25, -0.2) is 0 Å². The first kappa shape index (κ1) is 26.2. The number of nitrogens with one attached hydrogen (secondary N) is 1. The minimum Gasteiger partial charge on any atom is -0.465 e. The minimum atomic E-state index is -0.338. The van der Waals surface area contributed by atoms with Crippen LogP contribution in [-0.4, -0.2) is 71.9 Å². The van der Waals surface area contributed by atoms with Crippen LogP contribution in [0.4, 0.5) is 0 Å². The minimum absolute atomic E-state index is 0.0523. The maximum Gasteiger partial charge on any atom is 0.309 e. The van der Waals surface area contributed by atoms with E-state index in [0.717, 1.165) is 30.5 Å². The van der Waals surface area contributed by atoms with Crippen molar-refractivity contribution < 1.29 is 23.9 Å². The summed E-state index contributed by atoms with van der Waals surface area (Å²) >= 11 is 0. The molecule has 34 heavy (non-hydrogen) atoms. The highest BCUT2D eigenvalue weighted by Gasteiger charge is 2.31. The number of carbonyl (C=O) groups excluding carboxylic acids is 3. The predicted molar refractivity (Wildman–Crippen MR) is 127 cm³/mol. The van der Waals surface area contributed by atoms with E-state index in [1.165, 1.54) is 0 Å². The molecule has 1 aromatic rings. The molecule has 0 atom stereocenters. The Morgan fingerprint density at radius 3 is 2.59 bits per heavy atom. The Balaban J connectivity index is 1.67. The number of nitrogens with zero attached hydrogens (tertiary/aromatic N) is 3. The summed E-state index contributed by atoms with van der Waals surface area (Å²) in [5, 5.41) is 7.79. The number of amides is 2. The van der Waals surface area contributed by atoms with E-state index in [2.05, 4.69) is 19.2 Å². The quantitative estimate of drug-likeness (QED) is 0.633. The zero-order chi connectivity index (χ0) is 24.7. The SMILES string of the molecule is CCn1nc(CC(C)(C)COC(=O)C2CCN(C(C)=O)CC2)c2c1C(=O)NCCCOCCC2. The number of likely N-dealkylation sites (tertiary alicyclic amines) is 1. The number of rotatable bonds is 6. The normalized spacial score (nSPS) is 18.6. The standard InChI is InChI=1S/C25H40N4O5/c1-5-29-22-20(8-6-14-33-15-7-11-26-23(22)31)21(27-29)16-25(3,4)17-34-24(32)19-9-12-28(13-10-19)18(2)30/h19H,5-17H2,1-4H3,(H,26,31). The molecule has 2 amide bonds. The van der Waals surface area contributed by atoms with Gasteiger partial charge in [0.1, 0.15) is 5.69 Å². The monoisotopic (exact) mass is 476 g/mol. The summed E-state index contributed by atoms with van der Waals surface area (Å²) in [6.45, 7) is 11.7. The molecule has 0 saturated carbocycles. The molecule has 1 fully saturated rings. The number of hydrogen-bond donors (Lipinski definition) is 1. The number of aromatic nitrogens is 2. The first-order valence-corrected chi connectivity index (χ1v) is 12.6. The molecule has 1 aromatic heterocycles. The Hall–Kier alpha value is -2.42. The van der Waals surface area contributed by atoms with Gasteiger partial charge in [-0.2, -0.15) is 5.10 Å². The van der Waals surface area contributed by atoms with Crippen LogP contribution in [0.25, 0.3) is 0 Å². The Labute approximate surface area is 202 Å². The zero-order valence-corrected chi connectivity index (χ0v) is 21.2. The molecular formula is C25H40N4O5. The first-order chi connectivity index (χ1) is 16.2. The number of fused-ring (bicyclic) bond motifs is 1. The van der Waals surface area contributed by atoms with E-state index in [1.54, 1.807) is 16.5 Å². The van der Waals surface area contributed by atoms with Gasteiger partial charge in [0.25, 0.3) is 5.91 Å². The first-order valence-electron chi connectivity index (χ1n) is 12.6. The van der Waals surface area contributed by atoms with Crippen molar-refractivity contribution >= 4 is 17.8 Å². The average Bonchev–Trinajstić information content (AvgIpc) is 3.13. The lowest BCUT2D eigenvalue weighted by Gasteiger charge is -2.31. The smallest absolute Gasteiger partial charge is 0.309 e. The summed E-state index contributed by atoms with van der Waals surface area (Å²) in [6.07, 6.45) is 4.24. The number of carbonyl (C=O) groups is 3. The molecule has 190 valence electrons. The maximum atomic E-state index is 12.9. The summed E-state index contributed by atoms with van der Waals surface area (Å²) in [5.41, 5.74) is 2.17. The Bertz CT molecular complexity index is 871. The summed E-state index contributed by atoms with van der Waals surface area (Å²) in [7, 11) is 0. The largest absolute Gasteiger partial charge is 0.465 e. The highest BCUT2D eigenvalue weighted by atomic mass is 16.5. The average molecular weight is 477 g/mol. The van der Waals surface area contributed by atoms with Crippen molar-refractivity contribution in [1.82, 2.24) is 20.0 Å². The van der Waals surface area contributed by atoms with Gasteiger partial charge in [0.05, 0.1) is 18.2 Å². The van der Waals surface area contributed by atoms with Crippen molar-refractivity contribution in [2.24, 2.45) is 11.3 Å². The van der Waals surface area contributed by atoms with Gasteiger partial charge in [0, 0.05) is 63.7 Å². The van der Waals surface area contributed by atoms with Crippen LogP contribution in [0.3, 0.4) is 0 Å². The second kappa shape index (κ2) is 11.8. The molecule has 0 aliphatic carbocycles. The van der Waals surface area contributed by atoms with Crippen LogP contribution in [0.15, 0.2) is 0 Å². The van der Waals surface area contributed by atoms with Gasteiger partial charge in [0.2, 0.25) is 5.91 Å². The van der Waals surface area contributed by atoms with E-state index in [1.807, 2.05) is 6.92 Å². The van der Waals surface area contributed by atoms with E-state index >= 15 is 0 Å². The van der Waals surface area contributed by atoms with E-state index in [4.69, 9.17) is 14.6 Å². The van der Waals surface area contributed by atoms with Crippen molar-refractivity contribution in [1.29, 1.82) is 0 Å². The van der Waals surface area contributed by atoms with Crippen LogP contribution in [-0.2, 0) is 38.4 Å². The van der Waals surface area contributed by atoms with Crippen molar-refractivity contribution in [2.75, 3.05) is 39.5 Å². The topological polar surface area (TPSA) is 103 Å². The van der Waals surface area contributed by atoms with Gasteiger partial charge >= 0.3 is 5.97 Å². The highest BCUT2D eigenvalue weighted by Crippen LogP contribution is 2.28. The van der Waals surface area contributed by atoms with Crippen molar-refractivity contribution in [2.45, 2.75) is 72.8 Å². The third-order valence-electron chi connectivity index (χ3n) is 6.64. The van der Waals surface area contributed by atoms with Crippen LogP contribution in [0.5, 0.6) is 0 Å². The number of piperidine rings is 1. The Morgan fingerprint density at radius 1 is 1.21 bits per heavy atom. The molecular weight excluding hydrogens is 436 g/mol. The maximum absolute atomic E-state index is 12.9. The number of ether oxygens (including phenoxy) is 2. The van der Waals surface area contributed by atoms with Crippen molar-refractivity contribution in [3.63, 3.8) is 0 Å². The van der Waals surface area contributed by atoms with Crippen molar-refractivity contribution in [3.8, 4) is 0 Å². The highest BCUT2D eigenvalue weighted by molar-refractivity contribution is 5.94. The fourth-order valence-corrected chi connectivity index (χ4v) is 4.67. The van der Waals surface area contributed by atoms with E-state index in [0.29, 0.717) is 64.3 Å². The molecule has 1 N–H and O–H groups in total. The van der Waals surface area contributed by atoms with E-state index in [-0.39, 0.29) is 35.7 Å². The summed E-state index contributed by atoms with van der Waals surface area (Å²) < 4.78 is 13.2. The third-order valence-corrected chi connectivity index (χ3v) is 6.64. The van der Waals surface area contributed by atoms with Crippen LogP contribution >= 0.6 is 0 Å². The third kappa shape index (κ3) is 6.81. The molecule has 9 nitrogen and oxygen atoms in total. The zero-order valence-electron chi connectivity index (χ0n) is 21.2. The lowest BCUT2D eigenvalue weighted by Crippen LogP contribution is -2.40. The van der Waals surface area contributed by atoms with E-state index < -0.39 is 0 Å².